The van der Waals surface area contributed by atoms with Gasteiger partial charge in [0, 0.05) is 6.42 Å². The predicted octanol–water partition coefficient (Wildman–Crippen LogP) is 7.76. The first-order chi connectivity index (χ1) is 17.2. The number of carbonyl (C=O) groups excluding carboxylic acids is 1. The van der Waals surface area contributed by atoms with Crippen molar-refractivity contribution in [2.45, 2.75) is 122 Å². The minimum atomic E-state index is -0.969. The van der Waals surface area contributed by atoms with E-state index < -0.39 is 12.1 Å². The Balaban J connectivity index is 2.01. The Bertz CT molecular complexity index is 737. The lowest BCUT2D eigenvalue weighted by atomic mass is 10.0. The highest BCUT2D eigenvalue weighted by atomic mass is 16.6. The molecule has 0 fully saturated rings. The van der Waals surface area contributed by atoms with Gasteiger partial charge in [-0.2, -0.15) is 5.26 Å². The van der Waals surface area contributed by atoms with E-state index in [9.17, 15) is 4.79 Å². The van der Waals surface area contributed by atoms with E-state index in [1.807, 2.05) is 0 Å². The molecule has 0 saturated carbocycles. The van der Waals surface area contributed by atoms with Crippen LogP contribution in [0.1, 0.15) is 115 Å². The van der Waals surface area contributed by atoms with E-state index in [1.165, 1.54) is 83.5 Å². The van der Waals surface area contributed by atoms with Crippen molar-refractivity contribution >= 4 is 5.97 Å². The van der Waals surface area contributed by atoms with E-state index in [-0.39, 0.29) is 6.42 Å². The third-order valence-electron chi connectivity index (χ3n) is 6.21. The molecule has 0 spiro atoms. The molecule has 0 radical (unpaired) electrons. The van der Waals surface area contributed by atoms with Gasteiger partial charge in [-0.3, -0.25) is 0 Å². The summed E-state index contributed by atoms with van der Waals surface area (Å²) >= 11 is 0. The normalized spacial score (nSPS) is 11.3. The number of esters is 1. The molecule has 0 bridgehead atoms. The molecule has 0 aliphatic heterocycles. The SMILES string of the molecule is CCCCCCCCCCCCCCCCCCOC(=O)C(Cc1ccc(OC#N)cc1)OC#N. The lowest BCUT2D eigenvalue weighted by Crippen LogP contribution is -2.27. The number of nitrogens with zero attached hydrogens (tertiary/aromatic N) is 2. The number of nitriles is 2. The molecule has 0 aromatic heterocycles. The zero-order valence-corrected chi connectivity index (χ0v) is 21.6. The van der Waals surface area contributed by atoms with E-state index >= 15 is 0 Å². The monoisotopic (exact) mass is 484 g/mol. The zero-order chi connectivity index (χ0) is 25.4. The summed E-state index contributed by atoms with van der Waals surface area (Å²) in [6, 6.07) is 6.71. The molecule has 194 valence electrons. The Hall–Kier alpha value is -2.73. The first kappa shape index (κ1) is 30.3. The van der Waals surface area contributed by atoms with Crippen LogP contribution in [0.4, 0.5) is 0 Å². The Morgan fingerprint density at radius 3 is 1.69 bits per heavy atom. The molecule has 0 saturated heterocycles. The number of ether oxygens (including phenoxy) is 3. The second kappa shape index (κ2) is 21.8. The lowest BCUT2D eigenvalue weighted by molar-refractivity contribution is -0.153. The summed E-state index contributed by atoms with van der Waals surface area (Å²) in [6.45, 7) is 2.61. The zero-order valence-electron chi connectivity index (χ0n) is 21.6. The second-order valence-corrected chi connectivity index (χ2v) is 9.21. The molecule has 1 aromatic rings. The molecular weight excluding hydrogens is 440 g/mol. The first-order valence-corrected chi connectivity index (χ1v) is 13.6. The Labute approximate surface area is 212 Å². The van der Waals surface area contributed by atoms with Crippen LogP contribution in [0, 0.1) is 23.0 Å². The van der Waals surface area contributed by atoms with Crippen molar-refractivity contribution in [2.24, 2.45) is 0 Å². The molecule has 1 atom stereocenters. The highest BCUT2D eigenvalue weighted by molar-refractivity contribution is 5.75. The standard InChI is InChI=1S/C29H44N2O4/c1-2-3-4-5-6-7-8-9-10-11-12-13-14-15-16-17-22-33-29(32)28(35-25-31)23-26-18-20-27(21-19-26)34-24-30/h18-21,28H,2-17,22-23H2,1H3. The average Bonchev–Trinajstić information content (AvgIpc) is 2.86. The van der Waals surface area contributed by atoms with Gasteiger partial charge in [0.2, 0.25) is 6.10 Å². The number of carbonyl (C=O) groups is 1. The smallest absolute Gasteiger partial charge is 0.348 e. The van der Waals surface area contributed by atoms with Crippen molar-refractivity contribution in [1.82, 2.24) is 0 Å². The summed E-state index contributed by atoms with van der Waals surface area (Å²) in [7, 11) is 0. The van der Waals surface area contributed by atoms with Crippen molar-refractivity contribution in [2.75, 3.05) is 6.61 Å². The van der Waals surface area contributed by atoms with Crippen LogP contribution in [0.2, 0.25) is 0 Å². The summed E-state index contributed by atoms with van der Waals surface area (Å²) in [6.07, 6.45) is 23.2. The van der Waals surface area contributed by atoms with Gasteiger partial charge in [0.1, 0.15) is 5.75 Å². The van der Waals surface area contributed by atoms with Gasteiger partial charge in [-0.25, -0.2) is 4.79 Å². The van der Waals surface area contributed by atoms with Crippen LogP contribution in [0.15, 0.2) is 24.3 Å². The van der Waals surface area contributed by atoms with Gasteiger partial charge in [0.25, 0.3) is 12.5 Å². The van der Waals surface area contributed by atoms with E-state index in [0.29, 0.717) is 12.4 Å². The van der Waals surface area contributed by atoms with Crippen LogP contribution in [0.3, 0.4) is 0 Å². The number of unbranched alkanes of at least 4 members (excludes halogenated alkanes) is 15. The van der Waals surface area contributed by atoms with E-state index in [0.717, 1.165) is 24.8 Å². The maximum absolute atomic E-state index is 12.3. The van der Waals surface area contributed by atoms with Crippen LogP contribution in [-0.4, -0.2) is 18.7 Å². The molecule has 6 nitrogen and oxygen atoms in total. The predicted molar refractivity (Wildman–Crippen MR) is 137 cm³/mol. The van der Waals surface area contributed by atoms with Crippen molar-refractivity contribution < 1.29 is 19.0 Å². The van der Waals surface area contributed by atoms with Crippen molar-refractivity contribution in [3.63, 3.8) is 0 Å². The summed E-state index contributed by atoms with van der Waals surface area (Å²) in [4.78, 5) is 12.3. The van der Waals surface area contributed by atoms with Crippen LogP contribution in [0.25, 0.3) is 0 Å². The Kier molecular flexibility index (Phi) is 18.9. The quantitative estimate of drug-likeness (QED) is 0.0948. The minimum Gasteiger partial charge on any atom is -0.463 e. The fraction of sp³-hybridized carbons (Fsp3) is 0.690. The van der Waals surface area contributed by atoms with Gasteiger partial charge in [0.15, 0.2) is 0 Å². The van der Waals surface area contributed by atoms with Crippen LogP contribution < -0.4 is 4.74 Å². The molecule has 1 unspecified atom stereocenters. The van der Waals surface area contributed by atoms with Gasteiger partial charge in [-0.05, 0) is 24.1 Å². The fourth-order valence-electron chi connectivity index (χ4n) is 4.11. The first-order valence-electron chi connectivity index (χ1n) is 13.6. The van der Waals surface area contributed by atoms with Crippen molar-refractivity contribution in [3.05, 3.63) is 29.8 Å². The summed E-state index contributed by atoms with van der Waals surface area (Å²) < 4.78 is 15.0. The van der Waals surface area contributed by atoms with Crippen LogP contribution in [0.5, 0.6) is 5.75 Å². The van der Waals surface area contributed by atoms with Gasteiger partial charge < -0.3 is 14.2 Å². The van der Waals surface area contributed by atoms with Crippen molar-refractivity contribution in [1.29, 1.82) is 10.5 Å². The molecule has 0 aliphatic carbocycles. The molecular formula is C29H44N2O4. The maximum atomic E-state index is 12.3. The summed E-state index contributed by atoms with van der Waals surface area (Å²) in [5.74, 6) is -0.107. The number of hydrogen-bond donors (Lipinski definition) is 0. The van der Waals surface area contributed by atoms with Crippen LogP contribution in [-0.2, 0) is 20.7 Å². The number of benzene rings is 1. The van der Waals surface area contributed by atoms with Gasteiger partial charge in [-0.1, -0.05) is 115 Å². The molecule has 1 aromatic carbocycles. The summed E-state index contributed by atoms with van der Waals surface area (Å²) in [5, 5.41) is 17.4. The fourth-order valence-corrected chi connectivity index (χ4v) is 4.11. The average molecular weight is 485 g/mol. The van der Waals surface area contributed by atoms with Gasteiger partial charge >= 0.3 is 5.97 Å². The number of hydrogen-bond acceptors (Lipinski definition) is 6. The van der Waals surface area contributed by atoms with E-state index in [1.54, 1.807) is 36.8 Å². The highest BCUT2D eigenvalue weighted by Crippen LogP contribution is 2.16. The molecule has 6 heteroatoms. The topological polar surface area (TPSA) is 92.3 Å². The third-order valence-corrected chi connectivity index (χ3v) is 6.21. The maximum Gasteiger partial charge on any atom is 0.348 e. The van der Waals surface area contributed by atoms with Gasteiger partial charge in [0.05, 0.1) is 6.61 Å². The highest BCUT2D eigenvalue weighted by Gasteiger charge is 2.22. The Morgan fingerprint density at radius 1 is 0.743 bits per heavy atom. The van der Waals surface area contributed by atoms with Crippen LogP contribution >= 0.6 is 0 Å². The molecule has 1 rings (SSSR count). The van der Waals surface area contributed by atoms with E-state index in [2.05, 4.69) is 6.92 Å². The lowest BCUT2D eigenvalue weighted by Gasteiger charge is -2.13. The number of rotatable bonds is 22. The molecule has 0 N–H and O–H groups in total. The Morgan fingerprint density at radius 2 is 1.23 bits per heavy atom. The molecule has 0 heterocycles. The third kappa shape index (κ3) is 16.5. The van der Waals surface area contributed by atoms with E-state index in [4.69, 9.17) is 24.7 Å². The van der Waals surface area contributed by atoms with Gasteiger partial charge in [-0.15, -0.1) is 5.26 Å². The summed E-state index contributed by atoms with van der Waals surface area (Å²) in [5.41, 5.74) is 0.787. The molecule has 0 aliphatic rings. The van der Waals surface area contributed by atoms with Crippen molar-refractivity contribution in [3.8, 4) is 18.3 Å². The second-order valence-electron chi connectivity index (χ2n) is 9.21. The molecule has 0 amide bonds. The minimum absolute atomic E-state index is 0.220. The largest absolute Gasteiger partial charge is 0.463 e. The molecule has 35 heavy (non-hydrogen) atoms.